The van der Waals surface area contributed by atoms with Gasteiger partial charge in [0.05, 0.1) is 13.2 Å². The van der Waals surface area contributed by atoms with E-state index in [1.165, 1.54) is 0 Å². The molecule has 1 amide bonds. The number of ether oxygens (including phenoxy) is 1. The van der Waals surface area contributed by atoms with Crippen LogP contribution in [-0.4, -0.2) is 60.2 Å². The van der Waals surface area contributed by atoms with E-state index in [-0.39, 0.29) is 5.91 Å². The normalized spacial score (nSPS) is 15.5. The Bertz CT molecular complexity index is 648. The van der Waals surface area contributed by atoms with Crippen LogP contribution in [0.3, 0.4) is 0 Å². The summed E-state index contributed by atoms with van der Waals surface area (Å²) in [5, 5.41) is 2.95. The smallest absolute Gasteiger partial charge is 0.271 e. The van der Waals surface area contributed by atoms with Crippen LogP contribution in [0.4, 0.5) is 0 Å². The number of morpholine rings is 1. The second kappa shape index (κ2) is 7.39. The van der Waals surface area contributed by atoms with Gasteiger partial charge in [0.2, 0.25) is 0 Å². The third kappa shape index (κ3) is 3.97. The van der Waals surface area contributed by atoms with E-state index in [2.05, 4.69) is 20.2 Å². The summed E-state index contributed by atoms with van der Waals surface area (Å²) in [5.41, 5.74) is 2.22. The van der Waals surface area contributed by atoms with Gasteiger partial charge in [-0.15, -0.1) is 0 Å². The number of H-pyrrole nitrogens is 1. The standard InChI is InChI=1S/C17H22N4O2/c1-13-15(20-16(19-13)14-5-3-2-4-6-14)17(22)18-7-8-21-9-11-23-12-10-21/h2-6H,7-12H2,1H3,(H,18,22)(H,19,20). The second-order valence-corrected chi connectivity index (χ2v) is 5.63. The Morgan fingerprint density at radius 2 is 2.04 bits per heavy atom. The minimum absolute atomic E-state index is 0.130. The number of imidazole rings is 1. The molecular weight excluding hydrogens is 292 g/mol. The van der Waals surface area contributed by atoms with Crippen LogP contribution in [0.15, 0.2) is 30.3 Å². The Labute approximate surface area is 135 Å². The molecule has 0 bridgehead atoms. The predicted molar refractivity (Wildman–Crippen MR) is 88.4 cm³/mol. The summed E-state index contributed by atoms with van der Waals surface area (Å²) in [6, 6.07) is 9.81. The summed E-state index contributed by atoms with van der Waals surface area (Å²) in [7, 11) is 0. The number of benzene rings is 1. The van der Waals surface area contributed by atoms with Gasteiger partial charge in [-0.2, -0.15) is 0 Å². The first-order valence-electron chi connectivity index (χ1n) is 7.94. The molecule has 1 saturated heterocycles. The average Bonchev–Trinajstić information content (AvgIpc) is 2.98. The molecule has 3 rings (SSSR count). The van der Waals surface area contributed by atoms with Gasteiger partial charge in [0, 0.05) is 37.4 Å². The number of aromatic amines is 1. The average molecular weight is 314 g/mol. The molecule has 6 heteroatoms. The summed E-state index contributed by atoms with van der Waals surface area (Å²) < 4.78 is 5.31. The lowest BCUT2D eigenvalue weighted by Gasteiger charge is -2.26. The largest absolute Gasteiger partial charge is 0.379 e. The van der Waals surface area contributed by atoms with Gasteiger partial charge < -0.3 is 15.0 Å². The third-order valence-corrected chi connectivity index (χ3v) is 3.96. The van der Waals surface area contributed by atoms with Crippen LogP contribution in [0.25, 0.3) is 11.4 Å². The fraction of sp³-hybridized carbons (Fsp3) is 0.412. The summed E-state index contributed by atoms with van der Waals surface area (Å²) in [4.78, 5) is 22.2. The number of carbonyl (C=O) groups excluding carboxylic acids is 1. The number of nitrogens with one attached hydrogen (secondary N) is 2. The molecule has 2 N–H and O–H groups in total. The SMILES string of the molecule is Cc1[nH]c(-c2ccccc2)nc1C(=O)NCCN1CCOCC1. The zero-order valence-electron chi connectivity index (χ0n) is 13.3. The van der Waals surface area contributed by atoms with Crippen molar-refractivity contribution >= 4 is 5.91 Å². The zero-order chi connectivity index (χ0) is 16.1. The van der Waals surface area contributed by atoms with Crippen LogP contribution in [0, 0.1) is 6.92 Å². The van der Waals surface area contributed by atoms with Gasteiger partial charge in [-0.25, -0.2) is 4.98 Å². The van der Waals surface area contributed by atoms with Gasteiger partial charge in [0.25, 0.3) is 5.91 Å². The van der Waals surface area contributed by atoms with Gasteiger partial charge >= 0.3 is 0 Å². The fourth-order valence-corrected chi connectivity index (χ4v) is 2.65. The van der Waals surface area contributed by atoms with Gasteiger partial charge in [0.1, 0.15) is 11.5 Å². The number of hydrogen-bond donors (Lipinski definition) is 2. The highest BCUT2D eigenvalue weighted by Crippen LogP contribution is 2.17. The van der Waals surface area contributed by atoms with Gasteiger partial charge in [-0.1, -0.05) is 30.3 Å². The van der Waals surface area contributed by atoms with Crippen molar-refractivity contribution in [2.45, 2.75) is 6.92 Å². The Morgan fingerprint density at radius 1 is 1.30 bits per heavy atom. The molecule has 0 spiro atoms. The lowest BCUT2D eigenvalue weighted by atomic mass is 10.2. The van der Waals surface area contributed by atoms with Crippen molar-refractivity contribution in [1.29, 1.82) is 0 Å². The summed E-state index contributed by atoms with van der Waals surface area (Å²) in [6.07, 6.45) is 0. The summed E-state index contributed by atoms with van der Waals surface area (Å²) in [6.45, 7) is 6.72. The van der Waals surface area contributed by atoms with Gasteiger partial charge in [0.15, 0.2) is 0 Å². The lowest BCUT2D eigenvalue weighted by molar-refractivity contribution is 0.0383. The summed E-state index contributed by atoms with van der Waals surface area (Å²) >= 11 is 0. The quantitative estimate of drug-likeness (QED) is 0.876. The number of carbonyl (C=O) groups is 1. The van der Waals surface area contributed by atoms with Crippen molar-refractivity contribution in [3.63, 3.8) is 0 Å². The highest BCUT2D eigenvalue weighted by atomic mass is 16.5. The number of aryl methyl sites for hydroxylation is 1. The zero-order valence-corrected chi connectivity index (χ0v) is 13.3. The highest BCUT2D eigenvalue weighted by Gasteiger charge is 2.16. The van der Waals surface area contributed by atoms with E-state index >= 15 is 0 Å². The van der Waals surface area contributed by atoms with E-state index in [0.717, 1.165) is 49.9 Å². The van der Waals surface area contributed by atoms with Crippen LogP contribution >= 0.6 is 0 Å². The monoisotopic (exact) mass is 314 g/mol. The number of amides is 1. The van der Waals surface area contributed by atoms with Crippen LogP contribution in [0.2, 0.25) is 0 Å². The predicted octanol–water partition coefficient (Wildman–Crippen LogP) is 1.45. The van der Waals surface area contributed by atoms with Gasteiger partial charge in [-0.05, 0) is 6.92 Å². The van der Waals surface area contributed by atoms with Crippen LogP contribution < -0.4 is 5.32 Å². The Morgan fingerprint density at radius 3 is 2.78 bits per heavy atom. The molecule has 2 heterocycles. The molecule has 1 aromatic carbocycles. The van der Waals surface area contributed by atoms with Gasteiger partial charge in [-0.3, -0.25) is 9.69 Å². The molecular formula is C17H22N4O2. The van der Waals surface area contributed by atoms with E-state index in [1.54, 1.807) is 0 Å². The van der Waals surface area contributed by atoms with Crippen molar-refractivity contribution in [3.05, 3.63) is 41.7 Å². The molecule has 122 valence electrons. The molecule has 0 radical (unpaired) electrons. The van der Waals surface area contributed by atoms with Crippen molar-refractivity contribution < 1.29 is 9.53 Å². The maximum absolute atomic E-state index is 12.3. The molecule has 0 aliphatic carbocycles. The molecule has 1 aliphatic rings. The van der Waals surface area contributed by atoms with Crippen molar-refractivity contribution in [1.82, 2.24) is 20.2 Å². The van der Waals surface area contributed by atoms with E-state index in [4.69, 9.17) is 4.74 Å². The molecule has 0 saturated carbocycles. The molecule has 1 aliphatic heterocycles. The minimum atomic E-state index is -0.130. The van der Waals surface area contributed by atoms with E-state index in [0.29, 0.717) is 12.2 Å². The molecule has 1 fully saturated rings. The maximum atomic E-state index is 12.3. The molecule has 0 unspecified atom stereocenters. The molecule has 23 heavy (non-hydrogen) atoms. The highest BCUT2D eigenvalue weighted by molar-refractivity contribution is 5.94. The van der Waals surface area contributed by atoms with Crippen LogP contribution in [0.5, 0.6) is 0 Å². The first-order valence-corrected chi connectivity index (χ1v) is 7.94. The minimum Gasteiger partial charge on any atom is -0.379 e. The first kappa shape index (κ1) is 15.7. The Hall–Kier alpha value is -2.18. The topological polar surface area (TPSA) is 70.2 Å². The Kier molecular flexibility index (Phi) is 5.05. The summed E-state index contributed by atoms with van der Waals surface area (Å²) in [5.74, 6) is 0.593. The van der Waals surface area contributed by atoms with E-state index < -0.39 is 0 Å². The first-order chi connectivity index (χ1) is 11.2. The molecule has 1 aromatic heterocycles. The number of nitrogens with zero attached hydrogens (tertiary/aromatic N) is 2. The van der Waals surface area contributed by atoms with Crippen LogP contribution in [0.1, 0.15) is 16.2 Å². The maximum Gasteiger partial charge on any atom is 0.271 e. The number of rotatable bonds is 5. The Balaban J connectivity index is 1.58. The van der Waals surface area contributed by atoms with Crippen LogP contribution in [-0.2, 0) is 4.74 Å². The third-order valence-electron chi connectivity index (χ3n) is 3.96. The fourth-order valence-electron chi connectivity index (χ4n) is 2.65. The van der Waals surface area contributed by atoms with Crippen molar-refractivity contribution in [2.75, 3.05) is 39.4 Å². The molecule has 2 aromatic rings. The van der Waals surface area contributed by atoms with Crippen molar-refractivity contribution in [2.24, 2.45) is 0 Å². The number of hydrogen-bond acceptors (Lipinski definition) is 4. The molecule has 0 atom stereocenters. The lowest BCUT2D eigenvalue weighted by Crippen LogP contribution is -2.41. The van der Waals surface area contributed by atoms with E-state index in [9.17, 15) is 4.79 Å². The van der Waals surface area contributed by atoms with Crippen molar-refractivity contribution in [3.8, 4) is 11.4 Å². The second-order valence-electron chi connectivity index (χ2n) is 5.63. The molecule has 6 nitrogen and oxygen atoms in total. The van der Waals surface area contributed by atoms with E-state index in [1.807, 2.05) is 37.3 Å². The number of aromatic nitrogens is 2.